The molecule has 0 unspecified atom stereocenters. The van der Waals surface area contributed by atoms with Crippen LogP contribution in [0.1, 0.15) is 0 Å². The van der Waals surface area contributed by atoms with Crippen LogP contribution in [0, 0.1) is 4.77 Å². The normalized spacial score (nSPS) is 11.0. The van der Waals surface area contributed by atoms with Gasteiger partial charge in [-0.25, -0.2) is 0 Å². The average molecular weight is 415 g/mol. The third-order valence-electron chi connectivity index (χ3n) is 3.80. The minimum absolute atomic E-state index is 0.101. The van der Waals surface area contributed by atoms with Crippen LogP contribution >= 0.6 is 39.5 Å². The van der Waals surface area contributed by atoms with Crippen molar-refractivity contribution in [3.63, 3.8) is 0 Å². The number of hydrogen-bond donors (Lipinski definition) is 1. The Morgan fingerprint density at radius 2 is 1.75 bits per heavy atom. The fraction of sp³-hybridized carbons (Fsp3) is 0. The molecule has 3 nitrogen and oxygen atoms in total. The molecular formula is C18H11BrN2OS2. The van der Waals surface area contributed by atoms with E-state index in [1.54, 1.807) is 4.57 Å². The van der Waals surface area contributed by atoms with Crippen LogP contribution in [0.3, 0.4) is 0 Å². The number of nitrogens with one attached hydrogen (secondary N) is 1. The van der Waals surface area contributed by atoms with Gasteiger partial charge in [-0.1, -0.05) is 46.3 Å². The van der Waals surface area contributed by atoms with Crippen molar-refractivity contribution in [3.8, 4) is 16.8 Å². The van der Waals surface area contributed by atoms with Gasteiger partial charge in [-0.2, -0.15) is 0 Å². The van der Waals surface area contributed by atoms with E-state index in [0.29, 0.717) is 10.2 Å². The number of benzene rings is 2. The van der Waals surface area contributed by atoms with E-state index in [9.17, 15) is 4.79 Å². The lowest BCUT2D eigenvalue weighted by Crippen LogP contribution is -2.20. The van der Waals surface area contributed by atoms with Gasteiger partial charge < -0.3 is 4.98 Å². The molecule has 0 bridgehead atoms. The lowest BCUT2D eigenvalue weighted by molar-refractivity contribution is 0.943. The summed E-state index contributed by atoms with van der Waals surface area (Å²) in [6.45, 7) is 0. The summed E-state index contributed by atoms with van der Waals surface area (Å²) in [6.07, 6.45) is 0. The SMILES string of the molecule is O=c1c2c(-c3ccccc3)csc2[nH]c(=S)n1-c1ccc(Br)cc1. The molecule has 0 radical (unpaired) electrons. The van der Waals surface area contributed by atoms with Gasteiger partial charge in [0.25, 0.3) is 5.56 Å². The Balaban J connectivity index is 2.05. The van der Waals surface area contributed by atoms with Gasteiger partial charge in [0.1, 0.15) is 4.83 Å². The lowest BCUT2D eigenvalue weighted by Gasteiger charge is -2.07. The van der Waals surface area contributed by atoms with Gasteiger partial charge in [0.05, 0.1) is 11.1 Å². The number of aromatic nitrogens is 2. The first-order valence-electron chi connectivity index (χ1n) is 7.23. The molecule has 4 aromatic rings. The van der Waals surface area contributed by atoms with E-state index in [0.717, 1.165) is 26.1 Å². The highest BCUT2D eigenvalue weighted by molar-refractivity contribution is 9.10. The van der Waals surface area contributed by atoms with Crippen molar-refractivity contribution < 1.29 is 0 Å². The monoisotopic (exact) mass is 414 g/mol. The third-order valence-corrected chi connectivity index (χ3v) is 5.51. The van der Waals surface area contributed by atoms with E-state index >= 15 is 0 Å². The highest BCUT2D eigenvalue weighted by atomic mass is 79.9. The third kappa shape index (κ3) is 2.56. The van der Waals surface area contributed by atoms with Gasteiger partial charge in [0.15, 0.2) is 4.77 Å². The molecule has 0 fully saturated rings. The molecule has 1 N–H and O–H groups in total. The predicted octanol–water partition coefficient (Wildman–Crippen LogP) is 5.54. The maximum atomic E-state index is 13.2. The number of hydrogen-bond acceptors (Lipinski definition) is 3. The van der Waals surface area contributed by atoms with Crippen molar-refractivity contribution in [1.82, 2.24) is 9.55 Å². The van der Waals surface area contributed by atoms with Gasteiger partial charge in [0, 0.05) is 15.4 Å². The van der Waals surface area contributed by atoms with Crippen molar-refractivity contribution in [2.75, 3.05) is 0 Å². The second-order valence-electron chi connectivity index (χ2n) is 5.27. The van der Waals surface area contributed by atoms with Crippen LogP contribution in [0.4, 0.5) is 0 Å². The van der Waals surface area contributed by atoms with E-state index in [-0.39, 0.29) is 5.56 Å². The van der Waals surface area contributed by atoms with Gasteiger partial charge >= 0.3 is 0 Å². The summed E-state index contributed by atoms with van der Waals surface area (Å²) >= 11 is 10.3. The number of nitrogens with zero attached hydrogens (tertiary/aromatic N) is 1. The van der Waals surface area contributed by atoms with Gasteiger partial charge in [-0.05, 0) is 42.0 Å². The number of H-pyrrole nitrogens is 1. The molecule has 2 aromatic heterocycles. The zero-order valence-electron chi connectivity index (χ0n) is 12.3. The lowest BCUT2D eigenvalue weighted by atomic mass is 10.1. The molecule has 2 aromatic carbocycles. The van der Waals surface area contributed by atoms with Crippen molar-refractivity contribution in [2.45, 2.75) is 0 Å². The van der Waals surface area contributed by atoms with Crippen LogP contribution in [0.25, 0.3) is 27.0 Å². The molecule has 2 heterocycles. The highest BCUT2D eigenvalue weighted by Gasteiger charge is 2.14. The number of thiophene rings is 1. The number of aromatic amines is 1. The molecule has 0 amide bonds. The smallest absolute Gasteiger partial charge is 0.268 e. The van der Waals surface area contributed by atoms with Crippen LogP contribution < -0.4 is 5.56 Å². The Morgan fingerprint density at radius 1 is 1.04 bits per heavy atom. The number of fused-ring (bicyclic) bond motifs is 1. The Labute approximate surface area is 155 Å². The van der Waals surface area contributed by atoms with E-state index < -0.39 is 0 Å². The molecule has 4 rings (SSSR count). The van der Waals surface area contributed by atoms with Gasteiger partial charge in [-0.3, -0.25) is 9.36 Å². The molecular weight excluding hydrogens is 404 g/mol. The van der Waals surface area contributed by atoms with E-state index in [4.69, 9.17) is 12.2 Å². The van der Waals surface area contributed by atoms with Crippen LogP contribution in [0.5, 0.6) is 0 Å². The summed E-state index contributed by atoms with van der Waals surface area (Å²) in [6, 6.07) is 17.4. The minimum atomic E-state index is -0.101. The first-order valence-corrected chi connectivity index (χ1v) is 9.31. The zero-order valence-corrected chi connectivity index (χ0v) is 15.5. The van der Waals surface area contributed by atoms with Gasteiger partial charge in [0.2, 0.25) is 0 Å². The Bertz CT molecular complexity index is 1140. The summed E-state index contributed by atoms with van der Waals surface area (Å²) in [5, 5.41) is 2.67. The van der Waals surface area contributed by atoms with E-state index in [1.807, 2.05) is 60.0 Å². The fourth-order valence-corrected chi connectivity index (χ4v) is 4.25. The molecule has 0 aliphatic heterocycles. The first kappa shape index (κ1) is 15.5. The topological polar surface area (TPSA) is 37.8 Å². The maximum Gasteiger partial charge on any atom is 0.268 e. The average Bonchev–Trinajstić information content (AvgIpc) is 3.01. The predicted molar refractivity (Wildman–Crippen MR) is 106 cm³/mol. The van der Waals surface area contributed by atoms with Crippen LogP contribution in [0.2, 0.25) is 0 Å². The molecule has 0 saturated heterocycles. The summed E-state index contributed by atoms with van der Waals surface area (Å²) < 4.78 is 2.90. The summed E-state index contributed by atoms with van der Waals surface area (Å²) in [7, 11) is 0. The largest absolute Gasteiger partial charge is 0.323 e. The van der Waals surface area contributed by atoms with Crippen molar-refractivity contribution in [2.24, 2.45) is 0 Å². The fourth-order valence-electron chi connectivity index (χ4n) is 2.67. The summed E-state index contributed by atoms with van der Waals surface area (Å²) in [4.78, 5) is 17.2. The molecule has 0 aliphatic rings. The minimum Gasteiger partial charge on any atom is -0.323 e. The van der Waals surface area contributed by atoms with Crippen molar-refractivity contribution >= 4 is 49.7 Å². The second kappa shape index (κ2) is 6.12. The molecule has 0 spiro atoms. The van der Waals surface area contributed by atoms with Gasteiger partial charge in [-0.15, -0.1) is 11.3 Å². The molecule has 6 heteroatoms. The van der Waals surface area contributed by atoms with E-state index in [2.05, 4.69) is 20.9 Å². The molecule has 24 heavy (non-hydrogen) atoms. The standard InChI is InChI=1S/C18H11BrN2OS2/c19-12-6-8-13(9-7-12)21-17(22)15-14(11-4-2-1-3-5-11)10-24-16(15)20-18(21)23/h1-10H,(H,20,23). The van der Waals surface area contributed by atoms with Crippen molar-refractivity contribution in [1.29, 1.82) is 0 Å². The van der Waals surface area contributed by atoms with Crippen molar-refractivity contribution in [3.05, 3.63) is 79.6 Å². The van der Waals surface area contributed by atoms with E-state index in [1.165, 1.54) is 11.3 Å². The molecule has 0 saturated carbocycles. The highest BCUT2D eigenvalue weighted by Crippen LogP contribution is 2.30. The zero-order chi connectivity index (χ0) is 16.7. The van der Waals surface area contributed by atoms with Crippen LogP contribution in [-0.2, 0) is 0 Å². The Morgan fingerprint density at radius 3 is 2.46 bits per heavy atom. The quantitative estimate of drug-likeness (QED) is 0.437. The van der Waals surface area contributed by atoms with Crippen LogP contribution in [-0.4, -0.2) is 9.55 Å². The summed E-state index contributed by atoms with van der Waals surface area (Å²) in [5.74, 6) is 0. The number of rotatable bonds is 2. The Kier molecular flexibility index (Phi) is 3.96. The van der Waals surface area contributed by atoms with Crippen LogP contribution in [0.15, 0.2) is 69.2 Å². The number of halogens is 1. The maximum absolute atomic E-state index is 13.2. The molecule has 0 atom stereocenters. The summed E-state index contributed by atoms with van der Waals surface area (Å²) in [5.41, 5.74) is 2.60. The first-order chi connectivity index (χ1) is 11.6. The second-order valence-corrected chi connectivity index (χ2v) is 7.45. The molecule has 0 aliphatic carbocycles. The molecule has 118 valence electrons. The Hall–Kier alpha value is -2.02.